The number of halogens is 1. The van der Waals surface area contributed by atoms with Gasteiger partial charge in [0.15, 0.2) is 0 Å². The van der Waals surface area contributed by atoms with Gasteiger partial charge in [-0.05, 0) is 55.7 Å². The number of carbonyl (C=O) groups excluding carboxylic acids is 1. The maximum atomic E-state index is 12.5. The van der Waals surface area contributed by atoms with Crippen molar-refractivity contribution in [3.05, 3.63) is 40.9 Å². The van der Waals surface area contributed by atoms with E-state index >= 15 is 0 Å². The topological polar surface area (TPSA) is 20.3 Å². The molecule has 21 heavy (non-hydrogen) atoms. The van der Waals surface area contributed by atoms with Crippen molar-refractivity contribution in [2.24, 2.45) is 0 Å². The molecule has 0 aliphatic carbocycles. The highest BCUT2D eigenvalue weighted by Gasteiger charge is 2.42. The molecule has 2 bridgehead atoms. The molecule has 2 atom stereocenters. The van der Waals surface area contributed by atoms with E-state index in [0.29, 0.717) is 12.1 Å². The number of carbonyl (C=O) groups is 1. The van der Waals surface area contributed by atoms with E-state index in [1.807, 2.05) is 42.1 Å². The summed E-state index contributed by atoms with van der Waals surface area (Å²) in [7, 11) is 0. The fraction of sp³-hybridized carbons (Fsp3) is 0.471. The molecule has 0 radical (unpaired) electrons. The molecule has 0 aromatic heterocycles. The van der Waals surface area contributed by atoms with Gasteiger partial charge in [-0.1, -0.05) is 23.7 Å². The summed E-state index contributed by atoms with van der Waals surface area (Å²) in [6, 6.07) is 8.45. The van der Waals surface area contributed by atoms with Gasteiger partial charge in [0.1, 0.15) is 0 Å². The molecule has 2 heterocycles. The second kappa shape index (κ2) is 6.45. The first kappa shape index (κ1) is 15.0. The van der Waals surface area contributed by atoms with Crippen molar-refractivity contribution in [1.29, 1.82) is 0 Å². The van der Waals surface area contributed by atoms with Crippen LogP contribution in [0.4, 0.5) is 0 Å². The molecule has 1 aromatic carbocycles. The zero-order valence-electron chi connectivity index (χ0n) is 12.2. The first-order chi connectivity index (χ1) is 10.2. The van der Waals surface area contributed by atoms with Crippen LogP contribution >= 0.6 is 23.4 Å². The van der Waals surface area contributed by atoms with E-state index in [0.717, 1.165) is 28.7 Å². The molecule has 0 saturated carbocycles. The van der Waals surface area contributed by atoms with Crippen LogP contribution in [-0.2, 0) is 4.79 Å². The van der Waals surface area contributed by atoms with Gasteiger partial charge in [0.25, 0.3) is 0 Å². The summed E-state index contributed by atoms with van der Waals surface area (Å²) in [6.45, 7) is 0. The van der Waals surface area contributed by atoms with Crippen LogP contribution < -0.4 is 0 Å². The smallest absolute Gasteiger partial charge is 0.247 e. The van der Waals surface area contributed by atoms with Gasteiger partial charge in [0.2, 0.25) is 5.91 Å². The maximum absolute atomic E-state index is 12.5. The zero-order valence-corrected chi connectivity index (χ0v) is 13.7. The van der Waals surface area contributed by atoms with Gasteiger partial charge >= 0.3 is 0 Å². The van der Waals surface area contributed by atoms with Gasteiger partial charge in [-0.3, -0.25) is 4.79 Å². The first-order valence-electron chi connectivity index (χ1n) is 7.46. The van der Waals surface area contributed by atoms with Crippen LogP contribution in [0, 0.1) is 0 Å². The predicted molar refractivity (Wildman–Crippen MR) is 90.7 cm³/mol. The summed E-state index contributed by atoms with van der Waals surface area (Å²) in [5.41, 5.74) is 1.01. The van der Waals surface area contributed by atoms with Crippen molar-refractivity contribution in [2.75, 3.05) is 6.26 Å². The number of hydrogen-bond acceptors (Lipinski definition) is 2. The Morgan fingerprint density at radius 1 is 1.24 bits per heavy atom. The molecule has 2 nitrogen and oxygen atoms in total. The Labute approximate surface area is 135 Å². The van der Waals surface area contributed by atoms with Crippen LogP contribution in [0.25, 0.3) is 6.08 Å². The molecule has 2 fully saturated rings. The third kappa shape index (κ3) is 3.29. The van der Waals surface area contributed by atoms with Crippen LogP contribution in [0.3, 0.4) is 0 Å². The third-order valence-electron chi connectivity index (χ3n) is 4.57. The molecule has 1 amide bonds. The van der Waals surface area contributed by atoms with E-state index < -0.39 is 0 Å². The van der Waals surface area contributed by atoms with E-state index in [1.54, 1.807) is 6.08 Å². The Hall–Kier alpha value is -0.930. The second-order valence-corrected chi connectivity index (χ2v) is 7.42. The van der Waals surface area contributed by atoms with Crippen molar-refractivity contribution in [1.82, 2.24) is 4.90 Å². The van der Waals surface area contributed by atoms with Gasteiger partial charge in [-0.25, -0.2) is 0 Å². The van der Waals surface area contributed by atoms with Crippen LogP contribution in [0.15, 0.2) is 30.3 Å². The average molecular weight is 322 g/mol. The number of piperidine rings is 1. The highest BCUT2D eigenvalue weighted by atomic mass is 35.5. The lowest BCUT2D eigenvalue weighted by atomic mass is 10.0. The Morgan fingerprint density at radius 3 is 2.43 bits per heavy atom. The summed E-state index contributed by atoms with van der Waals surface area (Å²) in [5.74, 6) is 0.164. The largest absolute Gasteiger partial charge is 0.333 e. The molecule has 0 N–H and O–H groups in total. The SMILES string of the molecule is CSC1CC2CCC(C1)N2C(=O)/C=C/c1ccc(Cl)cc1. The number of fused-ring (bicyclic) bond motifs is 2. The number of rotatable bonds is 3. The molecule has 4 heteroatoms. The molecule has 3 rings (SSSR count). The lowest BCUT2D eigenvalue weighted by Crippen LogP contribution is -2.46. The normalized spacial score (nSPS) is 28.3. The molecule has 112 valence electrons. The molecule has 1 aromatic rings. The fourth-order valence-corrected chi connectivity index (χ4v) is 4.46. The van der Waals surface area contributed by atoms with E-state index in [9.17, 15) is 4.79 Å². The minimum atomic E-state index is 0.164. The lowest BCUT2D eigenvalue weighted by Gasteiger charge is -2.37. The fourth-order valence-electron chi connectivity index (χ4n) is 3.51. The van der Waals surface area contributed by atoms with Crippen LogP contribution in [0.1, 0.15) is 31.2 Å². The minimum absolute atomic E-state index is 0.164. The predicted octanol–water partition coefficient (Wildman–Crippen LogP) is 4.24. The van der Waals surface area contributed by atoms with Crippen molar-refractivity contribution < 1.29 is 4.79 Å². The van der Waals surface area contributed by atoms with Gasteiger partial charge in [-0.15, -0.1) is 0 Å². The summed E-state index contributed by atoms with van der Waals surface area (Å²) < 4.78 is 0. The highest BCUT2D eigenvalue weighted by molar-refractivity contribution is 7.99. The highest BCUT2D eigenvalue weighted by Crippen LogP contribution is 2.39. The standard InChI is InChI=1S/C17H20ClNOS/c1-21-16-10-14-7-8-15(11-16)19(14)17(20)9-4-12-2-5-13(18)6-3-12/h2-6,9,14-16H,7-8,10-11H2,1H3/b9-4+. The van der Waals surface area contributed by atoms with Gasteiger partial charge in [0, 0.05) is 28.4 Å². The third-order valence-corrected chi connectivity index (χ3v) is 5.87. The minimum Gasteiger partial charge on any atom is -0.333 e. The number of nitrogens with zero attached hydrogens (tertiary/aromatic N) is 1. The molecule has 2 saturated heterocycles. The van der Waals surface area contributed by atoms with E-state index in [1.165, 1.54) is 12.8 Å². The van der Waals surface area contributed by atoms with Gasteiger partial charge < -0.3 is 4.90 Å². The van der Waals surface area contributed by atoms with Crippen molar-refractivity contribution in [3.8, 4) is 0 Å². The zero-order chi connectivity index (χ0) is 14.8. The number of benzene rings is 1. The maximum Gasteiger partial charge on any atom is 0.247 e. The number of amides is 1. The van der Waals surface area contributed by atoms with Crippen LogP contribution in [-0.4, -0.2) is 34.4 Å². The lowest BCUT2D eigenvalue weighted by molar-refractivity contribution is -0.129. The van der Waals surface area contributed by atoms with E-state index in [-0.39, 0.29) is 5.91 Å². The molecule has 2 unspecified atom stereocenters. The van der Waals surface area contributed by atoms with Crippen molar-refractivity contribution >= 4 is 35.3 Å². The Balaban J connectivity index is 1.67. The summed E-state index contributed by atoms with van der Waals surface area (Å²) in [4.78, 5) is 14.6. The van der Waals surface area contributed by atoms with Gasteiger partial charge in [-0.2, -0.15) is 11.8 Å². The molecular weight excluding hydrogens is 302 g/mol. The Bertz CT molecular complexity index is 528. The van der Waals surface area contributed by atoms with Gasteiger partial charge in [0.05, 0.1) is 0 Å². The van der Waals surface area contributed by atoms with Crippen LogP contribution in [0.2, 0.25) is 5.02 Å². The summed E-state index contributed by atoms with van der Waals surface area (Å²) in [5, 5.41) is 1.45. The van der Waals surface area contributed by atoms with Crippen molar-refractivity contribution in [3.63, 3.8) is 0 Å². The number of hydrogen-bond donors (Lipinski definition) is 0. The molecule has 0 spiro atoms. The Kier molecular flexibility index (Phi) is 4.60. The molecular formula is C17H20ClNOS. The van der Waals surface area contributed by atoms with Crippen LogP contribution in [0.5, 0.6) is 0 Å². The molecule has 2 aliphatic heterocycles. The summed E-state index contributed by atoms with van der Waals surface area (Å²) in [6.07, 6.45) is 10.4. The average Bonchev–Trinajstić information content (AvgIpc) is 2.77. The summed E-state index contributed by atoms with van der Waals surface area (Å²) >= 11 is 7.82. The van der Waals surface area contributed by atoms with Crippen molar-refractivity contribution in [2.45, 2.75) is 43.0 Å². The first-order valence-corrected chi connectivity index (χ1v) is 9.12. The van der Waals surface area contributed by atoms with E-state index in [4.69, 9.17) is 11.6 Å². The molecule has 2 aliphatic rings. The second-order valence-electron chi connectivity index (χ2n) is 5.84. The Morgan fingerprint density at radius 2 is 1.86 bits per heavy atom. The quantitative estimate of drug-likeness (QED) is 0.776. The monoisotopic (exact) mass is 321 g/mol. The van der Waals surface area contributed by atoms with E-state index in [2.05, 4.69) is 11.2 Å². The number of thioether (sulfide) groups is 1.